The maximum absolute atomic E-state index is 6.10. The summed E-state index contributed by atoms with van der Waals surface area (Å²) in [4.78, 5) is 0. The molecule has 4 nitrogen and oxygen atoms in total. The molecule has 0 aromatic heterocycles. The van der Waals surface area contributed by atoms with E-state index in [1.165, 1.54) is 11.1 Å². The van der Waals surface area contributed by atoms with Crippen LogP contribution in [0, 0.1) is 0 Å². The van der Waals surface area contributed by atoms with Crippen LogP contribution in [0.15, 0.2) is 66.7 Å². The van der Waals surface area contributed by atoms with Gasteiger partial charge < -0.3 is 18.9 Å². The van der Waals surface area contributed by atoms with E-state index in [-0.39, 0.29) is 6.79 Å². The summed E-state index contributed by atoms with van der Waals surface area (Å²) >= 11 is 0. The van der Waals surface area contributed by atoms with Crippen molar-refractivity contribution in [2.45, 2.75) is 19.4 Å². The summed E-state index contributed by atoms with van der Waals surface area (Å²) in [5.41, 5.74) is 3.50. The molecule has 0 N–H and O–H groups in total. The van der Waals surface area contributed by atoms with Crippen LogP contribution in [0.25, 0.3) is 0 Å². The molecule has 1 aliphatic heterocycles. The van der Waals surface area contributed by atoms with Gasteiger partial charge in [0, 0.05) is 0 Å². The number of fused-ring (bicyclic) bond motifs is 1. The van der Waals surface area contributed by atoms with Crippen molar-refractivity contribution in [2.75, 3.05) is 13.9 Å². The van der Waals surface area contributed by atoms with Gasteiger partial charge in [0.1, 0.15) is 18.1 Å². The Morgan fingerprint density at radius 2 is 1.70 bits per heavy atom. The van der Waals surface area contributed by atoms with Crippen LogP contribution in [0.1, 0.15) is 16.7 Å². The van der Waals surface area contributed by atoms with Gasteiger partial charge in [0.25, 0.3) is 0 Å². The van der Waals surface area contributed by atoms with E-state index in [9.17, 15) is 0 Å². The molecule has 0 aliphatic carbocycles. The van der Waals surface area contributed by atoms with Gasteiger partial charge in [-0.05, 0) is 59.9 Å². The van der Waals surface area contributed by atoms with Crippen LogP contribution in [0.5, 0.6) is 23.0 Å². The second kappa shape index (κ2) is 8.04. The number of methoxy groups -OCH3 is 1. The topological polar surface area (TPSA) is 36.9 Å². The molecule has 3 aromatic carbocycles. The number of hydrogen-bond donors (Lipinski definition) is 0. The normalized spacial score (nSPS) is 12.0. The molecule has 4 heteroatoms. The molecule has 0 unspecified atom stereocenters. The molecule has 1 aliphatic rings. The van der Waals surface area contributed by atoms with Crippen LogP contribution < -0.4 is 18.9 Å². The van der Waals surface area contributed by atoms with E-state index >= 15 is 0 Å². The minimum Gasteiger partial charge on any atom is -0.497 e. The molecule has 0 bridgehead atoms. The van der Waals surface area contributed by atoms with E-state index in [1.807, 2.05) is 48.5 Å². The van der Waals surface area contributed by atoms with Crippen molar-refractivity contribution in [3.8, 4) is 23.0 Å². The van der Waals surface area contributed by atoms with Crippen LogP contribution >= 0.6 is 0 Å². The van der Waals surface area contributed by atoms with Gasteiger partial charge in [-0.3, -0.25) is 0 Å². The van der Waals surface area contributed by atoms with Gasteiger partial charge in [-0.2, -0.15) is 0 Å². The molecule has 0 saturated heterocycles. The van der Waals surface area contributed by atoms with Crippen molar-refractivity contribution in [2.24, 2.45) is 0 Å². The number of rotatable bonds is 7. The lowest BCUT2D eigenvalue weighted by Gasteiger charge is -2.12. The Labute approximate surface area is 159 Å². The second-order valence-electron chi connectivity index (χ2n) is 6.44. The molecule has 0 amide bonds. The zero-order valence-electron chi connectivity index (χ0n) is 15.3. The highest BCUT2D eigenvalue weighted by Crippen LogP contribution is 2.33. The maximum Gasteiger partial charge on any atom is 0.231 e. The molecule has 4 rings (SSSR count). The molecule has 0 atom stereocenters. The fourth-order valence-corrected chi connectivity index (χ4v) is 3.15. The van der Waals surface area contributed by atoms with Crippen molar-refractivity contribution in [1.82, 2.24) is 0 Å². The third-order valence-corrected chi connectivity index (χ3v) is 4.62. The predicted octanol–water partition coefficient (Wildman–Crippen LogP) is 4.79. The van der Waals surface area contributed by atoms with Gasteiger partial charge in [0.15, 0.2) is 11.5 Å². The molecule has 138 valence electrons. The minimum atomic E-state index is 0.284. The summed E-state index contributed by atoms with van der Waals surface area (Å²) in [5.74, 6) is 3.37. The zero-order valence-corrected chi connectivity index (χ0v) is 15.3. The summed E-state index contributed by atoms with van der Waals surface area (Å²) in [5, 5.41) is 0. The third kappa shape index (κ3) is 4.17. The monoisotopic (exact) mass is 362 g/mol. The van der Waals surface area contributed by atoms with Crippen molar-refractivity contribution < 1.29 is 18.9 Å². The Balaban J connectivity index is 1.41. The van der Waals surface area contributed by atoms with E-state index in [0.717, 1.165) is 41.4 Å². The number of ether oxygens (including phenoxy) is 4. The maximum atomic E-state index is 6.10. The Bertz CT molecular complexity index is 920. The largest absolute Gasteiger partial charge is 0.497 e. The average Bonchev–Trinajstić information content (AvgIpc) is 3.19. The van der Waals surface area contributed by atoms with Crippen LogP contribution in [0.3, 0.4) is 0 Å². The number of aryl methyl sites for hydroxylation is 2. The van der Waals surface area contributed by atoms with Gasteiger partial charge in [-0.25, -0.2) is 0 Å². The van der Waals surface area contributed by atoms with E-state index < -0.39 is 0 Å². The lowest BCUT2D eigenvalue weighted by molar-refractivity contribution is 0.174. The minimum absolute atomic E-state index is 0.284. The Morgan fingerprint density at radius 3 is 2.63 bits per heavy atom. The smallest absolute Gasteiger partial charge is 0.231 e. The van der Waals surface area contributed by atoms with Crippen LogP contribution in [0.4, 0.5) is 0 Å². The highest BCUT2D eigenvalue weighted by atomic mass is 16.7. The summed E-state index contributed by atoms with van der Waals surface area (Å²) in [6, 6.07) is 22.3. The van der Waals surface area contributed by atoms with E-state index in [4.69, 9.17) is 18.9 Å². The van der Waals surface area contributed by atoms with Gasteiger partial charge in [0.05, 0.1) is 7.11 Å². The molecule has 0 saturated carbocycles. The molecule has 1 heterocycles. The SMILES string of the molecule is COc1cccc(CCc2ccccc2OCc2ccc3c(c2)OCO3)c1. The fourth-order valence-electron chi connectivity index (χ4n) is 3.15. The molecule has 3 aromatic rings. The second-order valence-corrected chi connectivity index (χ2v) is 6.44. The molecule has 0 spiro atoms. The summed E-state index contributed by atoms with van der Waals surface area (Å²) in [6.07, 6.45) is 1.84. The Hall–Kier alpha value is -3.14. The molecule has 0 radical (unpaired) electrons. The third-order valence-electron chi connectivity index (χ3n) is 4.62. The van der Waals surface area contributed by atoms with Crippen molar-refractivity contribution in [3.63, 3.8) is 0 Å². The number of benzene rings is 3. The van der Waals surface area contributed by atoms with Crippen LogP contribution in [-0.2, 0) is 19.4 Å². The lowest BCUT2D eigenvalue weighted by Crippen LogP contribution is -2.00. The first kappa shape index (κ1) is 17.3. The van der Waals surface area contributed by atoms with Gasteiger partial charge in [-0.15, -0.1) is 0 Å². The summed E-state index contributed by atoms with van der Waals surface area (Å²) in [6.45, 7) is 0.777. The first-order valence-corrected chi connectivity index (χ1v) is 9.04. The van der Waals surface area contributed by atoms with Crippen LogP contribution in [0.2, 0.25) is 0 Å². The average molecular weight is 362 g/mol. The van der Waals surface area contributed by atoms with E-state index in [1.54, 1.807) is 7.11 Å². The first-order chi connectivity index (χ1) is 13.3. The standard InChI is InChI=1S/C23H22O4/c1-24-20-7-4-5-17(13-20)9-11-19-6-2-3-8-21(19)25-15-18-10-12-22-23(14-18)27-16-26-22/h2-8,10,12-14H,9,11,15-16H2,1H3. The van der Waals surface area contributed by atoms with Crippen molar-refractivity contribution in [1.29, 1.82) is 0 Å². The van der Waals surface area contributed by atoms with Crippen molar-refractivity contribution >= 4 is 0 Å². The number of para-hydroxylation sites is 1. The molecule has 27 heavy (non-hydrogen) atoms. The number of hydrogen-bond acceptors (Lipinski definition) is 4. The quantitative estimate of drug-likeness (QED) is 0.606. The Kier molecular flexibility index (Phi) is 5.15. The highest BCUT2D eigenvalue weighted by Gasteiger charge is 2.13. The fraction of sp³-hybridized carbons (Fsp3) is 0.217. The predicted molar refractivity (Wildman–Crippen MR) is 104 cm³/mol. The Morgan fingerprint density at radius 1 is 0.815 bits per heavy atom. The van der Waals surface area contributed by atoms with Gasteiger partial charge in [-0.1, -0.05) is 36.4 Å². The van der Waals surface area contributed by atoms with E-state index in [0.29, 0.717) is 6.61 Å². The molecule has 0 fully saturated rings. The van der Waals surface area contributed by atoms with E-state index in [2.05, 4.69) is 18.2 Å². The van der Waals surface area contributed by atoms with Gasteiger partial charge in [0.2, 0.25) is 6.79 Å². The highest BCUT2D eigenvalue weighted by molar-refractivity contribution is 5.44. The van der Waals surface area contributed by atoms with Gasteiger partial charge >= 0.3 is 0 Å². The summed E-state index contributed by atoms with van der Waals surface area (Å²) in [7, 11) is 1.69. The first-order valence-electron chi connectivity index (χ1n) is 9.04. The lowest BCUT2D eigenvalue weighted by atomic mass is 10.0. The zero-order chi connectivity index (χ0) is 18.5. The summed E-state index contributed by atoms with van der Waals surface area (Å²) < 4.78 is 22.2. The molecular weight excluding hydrogens is 340 g/mol. The van der Waals surface area contributed by atoms with Crippen LogP contribution in [-0.4, -0.2) is 13.9 Å². The van der Waals surface area contributed by atoms with Crippen molar-refractivity contribution in [3.05, 3.63) is 83.4 Å². The molecular formula is C23H22O4.